The van der Waals surface area contributed by atoms with E-state index < -0.39 is 0 Å². The van der Waals surface area contributed by atoms with E-state index in [1.807, 2.05) is 25.1 Å². The molecule has 1 saturated heterocycles. The van der Waals surface area contributed by atoms with Crippen molar-refractivity contribution >= 4 is 0 Å². The quantitative estimate of drug-likeness (QED) is 0.650. The first-order valence-corrected chi connectivity index (χ1v) is 8.64. The van der Waals surface area contributed by atoms with E-state index in [0.717, 1.165) is 49.7 Å². The van der Waals surface area contributed by atoms with Crippen LogP contribution in [0.15, 0.2) is 40.8 Å². The topological polar surface area (TPSA) is 58.5 Å². The second-order valence-corrected chi connectivity index (χ2v) is 6.37. The number of methoxy groups -OCH3 is 1. The van der Waals surface area contributed by atoms with Gasteiger partial charge in [0, 0.05) is 19.0 Å². The van der Waals surface area contributed by atoms with Gasteiger partial charge in [-0.15, -0.1) is 0 Å². The number of hydrogen-bond acceptors (Lipinski definition) is 5. The summed E-state index contributed by atoms with van der Waals surface area (Å²) in [4.78, 5) is 0. The number of aryl methyl sites for hydroxylation is 2. The van der Waals surface area contributed by atoms with Crippen molar-refractivity contribution in [2.45, 2.75) is 25.8 Å². The Morgan fingerprint density at radius 2 is 2.04 bits per heavy atom. The normalized spacial score (nSPS) is 20.4. The van der Waals surface area contributed by atoms with Crippen LogP contribution in [0.5, 0.6) is 5.75 Å². The molecular formula is C19H27N3O2. The maximum Gasteiger partial charge on any atom is 0.122 e. The molecule has 2 atom stereocenters. The minimum Gasteiger partial charge on any atom is -0.497 e. The van der Waals surface area contributed by atoms with Gasteiger partial charge in [0.2, 0.25) is 0 Å². The molecule has 3 N–H and O–H groups in total. The Morgan fingerprint density at radius 3 is 2.75 bits per heavy atom. The van der Waals surface area contributed by atoms with Gasteiger partial charge >= 0.3 is 0 Å². The largest absolute Gasteiger partial charge is 0.497 e. The van der Waals surface area contributed by atoms with Crippen molar-refractivity contribution in [1.29, 1.82) is 0 Å². The minimum atomic E-state index is 0.243. The zero-order valence-electron chi connectivity index (χ0n) is 14.5. The van der Waals surface area contributed by atoms with Gasteiger partial charge in [-0.3, -0.25) is 5.43 Å². The lowest BCUT2D eigenvalue weighted by Gasteiger charge is -2.17. The molecular weight excluding hydrogens is 302 g/mol. The van der Waals surface area contributed by atoms with Crippen molar-refractivity contribution in [3.63, 3.8) is 0 Å². The summed E-state index contributed by atoms with van der Waals surface area (Å²) in [5.74, 6) is 3.39. The molecule has 24 heavy (non-hydrogen) atoms. The molecule has 1 aromatic carbocycles. The molecule has 0 aliphatic carbocycles. The smallest absolute Gasteiger partial charge is 0.122 e. The molecule has 1 aliphatic heterocycles. The summed E-state index contributed by atoms with van der Waals surface area (Å²) >= 11 is 0. The number of ether oxygens (including phenoxy) is 1. The van der Waals surface area contributed by atoms with E-state index in [4.69, 9.17) is 9.15 Å². The second kappa shape index (κ2) is 8.33. The van der Waals surface area contributed by atoms with Crippen LogP contribution in [0.4, 0.5) is 0 Å². The molecule has 5 nitrogen and oxygen atoms in total. The first-order chi connectivity index (χ1) is 11.8. The number of hydrogen-bond donors (Lipinski definition) is 3. The Balaban J connectivity index is 1.38. The van der Waals surface area contributed by atoms with Crippen molar-refractivity contribution in [3.05, 3.63) is 53.5 Å². The van der Waals surface area contributed by atoms with Crippen LogP contribution in [0.25, 0.3) is 0 Å². The summed E-state index contributed by atoms with van der Waals surface area (Å²) in [5.41, 5.74) is 7.92. The number of hydrazine groups is 1. The van der Waals surface area contributed by atoms with Gasteiger partial charge in [-0.25, -0.2) is 5.43 Å². The highest BCUT2D eigenvalue weighted by Crippen LogP contribution is 2.25. The highest BCUT2D eigenvalue weighted by molar-refractivity contribution is 5.27. The van der Waals surface area contributed by atoms with Gasteiger partial charge in [-0.2, -0.15) is 0 Å². The zero-order chi connectivity index (χ0) is 16.8. The number of furan rings is 1. The maximum absolute atomic E-state index is 5.76. The fraction of sp³-hybridized carbons (Fsp3) is 0.474. The van der Waals surface area contributed by atoms with Gasteiger partial charge in [0.25, 0.3) is 0 Å². The number of nitrogens with one attached hydrogen (secondary N) is 3. The summed E-state index contributed by atoms with van der Waals surface area (Å²) in [6.07, 6.45) is 2.21. The van der Waals surface area contributed by atoms with Crippen LogP contribution < -0.4 is 20.9 Å². The van der Waals surface area contributed by atoms with Crippen molar-refractivity contribution < 1.29 is 9.15 Å². The average molecular weight is 329 g/mol. The molecule has 2 heterocycles. The van der Waals surface area contributed by atoms with Crippen LogP contribution in [-0.4, -0.2) is 26.7 Å². The van der Waals surface area contributed by atoms with E-state index in [9.17, 15) is 0 Å². The molecule has 2 unspecified atom stereocenters. The van der Waals surface area contributed by atoms with Crippen molar-refractivity contribution in [3.8, 4) is 5.75 Å². The van der Waals surface area contributed by atoms with Crippen LogP contribution in [0, 0.1) is 12.8 Å². The summed E-state index contributed by atoms with van der Waals surface area (Å²) in [7, 11) is 1.70. The van der Waals surface area contributed by atoms with E-state index in [2.05, 4.69) is 34.4 Å². The predicted molar refractivity (Wildman–Crippen MR) is 95.0 cm³/mol. The van der Waals surface area contributed by atoms with E-state index in [0.29, 0.717) is 5.92 Å². The van der Waals surface area contributed by atoms with Crippen molar-refractivity contribution in [1.82, 2.24) is 16.2 Å². The van der Waals surface area contributed by atoms with Gasteiger partial charge in [0.15, 0.2) is 0 Å². The fourth-order valence-corrected chi connectivity index (χ4v) is 3.15. The van der Waals surface area contributed by atoms with Gasteiger partial charge in [-0.1, -0.05) is 12.1 Å². The Labute approximate surface area is 143 Å². The van der Waals surface area contributed by atoms with Crippen LogP contribution >= 0.6 is 0 Å². The van der Waals surface area contributed by atoms with Crippen molar-refractivity contribution in [2.24, 2.45) is 5.92 Å². The highest BCUT2D eigenvalue weighted by atomic mass is 16.5. The Kier molecular flexibility index (Phi) is 5.91. The summed E-state index contributed by atoms with van der Waals surface area (Å²) in [6, 6.07) is 12.7. The standard InChI is InChI=1S/C19H27N3O2/c1-14-5-10-18(24-14)19-16(13-21-22-19)12-20-11-3-4-15-6-8-17(23-2)9-7-15/h5-10,16,19-22H,3-4,11-13H2,1-2H3. The minimum absolute atomic E-state index is 0.243. The Bertz CT molecular complexity index is 624. The summed E-state index contributed by atoms with van der Waals surface area (Å²) < 4.78 is 10.9. The third kappa shape index (κ3) is 4.38. The monoisotopic (exact) mass is 329 g/mol. The lowest BCUT2D eigenvalue weighted by atomic mass is 10.00. The van der Waals surface area contributed by atoms with Gasteiger partial charge in [0.05, 0.1) is 13.2 Å². The molecule has 1 aromatic heterocycles. The van der Waals surface area contributed by atoms with Crippen LogP contribution in [0.3, 0.4) is 0 Å². The first kappa shape index (κ1) is 17.0. The lowest BCUT2D eigenvalue weighted by molar-refractivity contribution is 0.360. The molecule has 1 aliphatic rings. The highest BCUT2D eigenvalue weighted by Gasteiger charge is 2.29. The Morgan fingerprint density at radius 1 is 1.21 bits per heavy atom. The molecule has 2 aromatic rings. The summed E-state index contributed by atoms with van der Waals surface area (Å²) in [6.45, 7) is 4.94. The maximum atomic E-state index is 5.76. The molecule has 130 valence electrons. The number of benzene rings is 1. The molecule has 0 spiro atoms. The van der Waals surface area contributed by atoms with E-state index in [1.165, 1.54) is 5.56 Å². The molecule has 5 heteroatoms. The first-order valence-electron chi connectivity index (χ1n) is 8.64. The second-order valence-electron chi connectivity index (χ2n) is 6.37. The van der Waals surface area contributed by atoms with Crippen LogP contribution in [-0.2, 0) is 6.42 Å². The molecule has 0 saturated carbocycles. The van der Waals surface area contributed by atoms with E-state index >= 15 is 0 Å². The summed E-state index contributed by atoms with van der Waals surface area (Å²) in [5, 5.41) is 3.58. The van der Waals surface area contributed by atoms with E-state index in [-0.39, 0.29) is 6.04 Å². The molecule has 0 amide bonds. The van der Waals surface area contributed by atoms with Crippen LogP contribution in [0.1, 0.15) is 29.5 Å². The molecule has 0 radical (unpaired) electrons. The molecule has 1 fully saturated rings. The molecule has 3 rings (SSSR count). The van der Waals surface area contributed by atoms with Gasteiger partial charge in [-0.05, 0) is 56.1 Å². The lowest BCUT2D eigenvalue weighted by Crippen LogP contribution is -2.29. The number of rotatable bonds is 8. The average Bonchev–Trinajstić information content (AvgIpc) is 3.23. The molecule has 0 bridgehead atoms. The van der Waals surface area contributed by atoms with Crippen LogP contribution in [0.2, 0.25) is 0 Å². The zero-order valence-corrected chi connectivity index (χ0v) is 14.5. The predicted octanol–water partition coefficient (Wildman–Crippen LogP) is 2.58. The van der Waals surface area contributed by atoms with Gasteiger partial charge in [0.1, 0.15) is 17.3 Å². The Hall–Kier alpha value is -1.82. The SMILES string of the molecule is COc1ccc(CCCNCC2CNNC2c2ccc(C)o2)cc1. The van der Waals surface area contributed by atoms with Gasteiger partial charge < -0.3 is 14.5 Å². The third-order valence-corrected chi connectivity index (χ3v) is 4.55. The fourth-order valence-electron chi connectivity index (χ4n) is 3.15. The van der Waals surface area contributed by atoms with Crippen molar-refractivity contribution in [2.75, 3.05) is 26.7 Å². The van der Waals surface area contributed by atoms with E-state index in [1.54, 1.807) is 7.11 Å². The third-order valence-electron chi connectivity index (χ3n) is 4.55.